The number of imidazole rings is 1. The molecule has 1 saturated heterocycles. The van der Waals surface area contributed by atoms with Crippen LogP contribution in [0.15, 0.2) is 30.5 Å². The topological polar surface area (TPSA) is 94.7 Å². The monoisotopic (exact) mass is 373 g/mol. The molecular weight excluding hydrogens is 350 g/mol. The summed E-state index contributed by atoms with van der Waals surface area (Å²) in [5.41, 5.74) is 2.40. The first-order chi connectivity index (χ1) is 13.2. The summed E-state index contributed by atoms with van der Waals surface area (Å²) in [6.07, 6.45) is 1.22. The molecule has 1 unspecified atom stereocenters. The number of piperazine rings is 1. The Morgan fingerprint density at radius 2 is 2.00 bits per heavy atom. The van der Waals surface area contributed by atoms with E-state index in [1.54, 1.807) is 4.57 Å². The van der Waals surface area contributed by atoms with Crippen molar-refractivity contribution >= 4 is 5.82 Å². The maximum atomic E-state index is 10.8. The molecule has 3 heterocycles. The van der Waals surface area contributed by atoms with Crippen molar-refractivity contribution in [2.75, 3.05) is 32.8 Å². The highest BCUT2D eigenvalue weighted by molar-refractivity contribution is 5.23. The zero-order chi connectivity index (χ0) is 18.6. The van der Waals surface area contributed by atoms with Gasteiger partial charge in [0, 0.05) is 37.7 Å². The molecular formula is C18H23N5O4. The zero-order valence-electron chi connectivity index (χ0n) is 15.0. The fourth-order valence-corrected chi connectivity index (χ4v) is 3.34. The Hall–Kier alpha value is -2.49. The van der Waals surface area contributed by atoms with Crippen molar-refractivity contribution < 1.29 is 14.4 Å². The van der Waals surface area contributed by atoms with E-state index in [1.807, 2.05) is 0 Å². The van der Waals surface area contributed by atoms with Crippen LogP contribution in [0.5, 0.6) is 6.01 Å². The van der Waals surface area contributed by atoms with Gasteiger partial charge in [0.15, 0.2) is 0 Å². The maximum Gasteiger partial charge on any atom is 0.414 e. The Bertz CT molecular complexity index is 786. The van der Waals surface area contributed by atoms with Crippen LogP contribution in [0.4, 0.5) is 5.82 Å². The molecule has 1 fully saturated rings. The highest BCUT2D eigenvalue weighted by Crippen LogP contribution is 2.22. The molecule has 2 aliphatic rings. The van der Waals surface area contributed by atoms with E-state index in [0.717, 1.165) is 38.3 Å². The average molecular weight is 373 g/mol. The predicted octanol–water partition coefficient (Wildman–Crippen LogP) is 1.17. The number of ether oxygens (including phenoxy) is 2. The Labute approximate surface area is 157 Å². The maximum absolute atomic E-state index is 10.8. The number of nitrogens with zero attached hydrogens (tertiary/aromatic N) is 4. The van der Waals surface area contributed by atoms with E-state index in [2.05, 4.69) is 39.5 Å². The number of nitro groups is 1. The van der Waals surface area contributed by atoms with Crippen LogP contribution in [0.2, 0.25) is 0 Å². The van der Waals surface area contributed by atoms with Crippen LogP contribution >= 0.6 is 0 Å². The molecule has 2 aromatic rings. The molecule has 1 atom stereocenters. The molecule has 0 amide bonds. The van der Waals surface area contributed by atoms with E-state index in [9.17, 15) is 10.1 Å². The SMILES string of the molecule is O=[N+]([O-])c1cn2c(n1)OCC(OCc1ccc(CN3CCNCC3)cc1)C2. The summed E-state index contributed by atoms with van der Waals surface area (Å²) in [7, 11) is 0. The quantitative estimate of drug-likeness (QED) is 0.600. The van der Waals surface area contributed by atoms with Gasteiger partial charge < -0.3 is 24.9 Å². The molecule has 0 spiro atoms. The third-order valence-electron chi connectivity index (χ3n) is 4.84. The van der Waals surface area contributed by atoms with Gasteiger partial charge in [0.1, 0.15) is 18.9 Å². The van der Waals surface area contributed by atoms with Gasteiger partial charge in [-0.25, -0.2) is 0 Å². The Kier molecular flexibility index (Phi) is 5.33. The van der Waals surface area contributed by atoms with Crippen LogP contribution in [-0.4, -0.2) is 58.3 Å². The van der Waals surface area contributed by atoms with Gasteiger partial charge >= 0.3 is 11.8 Å². The van der Waals surface area contributed by atoms with Crippen LogP contribution in [0.1, 0.15) is 11.1 Å². The van der Waals surface area contributed by atoms with Gasteiger partial charge in [-0.2, -0.15) is 0 Å². The highest BCUT2D eigenvalue weighted by Gasteiger charge is 2.28. The van der Waals surface area contributed by atoms with Gasteiger partial charge in [0.05, 0.1) is 13.2 Å². The molecule has 1 N–H and O–H groups in total. The molecule has 144 valence electrons. The first-order valence-electron chi connectivity index (χ1n) is 9.14. The number of fused-ring (bicyclic) bond motifs is 1. The molecule has 9 nitrogen and oxygen atoms in total. The van der Waals surface area contributed by atoms with E-state index < -0.39 is 4.92 Å². The summed E-state index contributed by atoms with van der Waals surface area (Å²) in [6.45, 7) is 6.57. The van der Waals surface area contributed by atoms with Gasteiger partial charge in [-0.3, -0.25) is 9.47 Å². The molecule has 1 aromatic heterocycles. The van der Waals surface area contributed by atoms with Crippen molar-refractivity contribution in [3.8, 4) is 6.01 Å². The number of nitrogens with one attached hydrogen (secondary N) is 1. The van der Waals surface area contributed by atoms with E-state index in [0.29, 0.717) is 19.8 Å². The fraction of sp³-hybridized carbons (Fsp3) is 0.500. The molecule has 4 rings (SSSR count). The molecule has 1 aromatic carbocycles. The minimum Gasteiger partial charge on any atom is -0.443 e. The lowest BCUT2D eigenvalue weighted by atomic mass is 10.1. The minimum atomic E-state index is -0.521. The van der Waals surface area contributed by atoms with Gasteiger partial charge in [-0.05, 0) is 16.1 Å². The van der Waals surface area contributed by atoms with Crippen molar-refractivity contribution in [3.05, 3.63) is 51.7 Å². The normalized spacial score (nSPS) is 20.1. The second-order valence-electron chi connectivity index (χ2n) is 6.88. The number of aromatic nitrogens is 2. The van der Waals surface area contributed by atoms with E-state index >= 15 is 0 Å². The molecule has 0 bridgehead atoms. The molecule has 9 heteroatoms. The minimum absolute atomic E-state index is 0.160. The average Bonchev–Trinajstić information content (AvgIpc) is 3.12. The molecule has 0 saturated carbocycles. The van der Waals surface area contributed by atoms with E-state index in [1.165, 1.54) is 11.8 Å². The molecule has 0 aliphatic carbocycles. The summed E-state index contributed by atoms with van der Waals surface area (Å²) in [5, 5.41) is 14.2. The second kappa shape index (κ2) is 8.03. The Morgan fingerprint density at radius 1 is 1.26 bits per heavy atom. The van der Waals surface area contributed by atoms with Crippen molar-refractivity contribution in [3.63, 3.8) is 0 Å². The zero-order valence-corrected chi connectivity index (χ0v) is 15.0. The predicted molar refractivity (Wildman–Crippen MR) is 97.5 cm³/mol. The van der Waals surface area contributed by atoms with Gasteiger partial charge in [-0.1, -0.05) is 24.3 Å². The van der Waals surface area contributed by atoms with Gasteiger partial charge in [-0.15, -0.1) is 0 Å². The summed E-state index contributed by atoms with van der Waals surface area (Å²) in [4.78, 5) is 16.6. The van der Waals surface area contributed by atoms with Crippen molar-refractivity contribution in [1.82, 2.24) is 19.8 Å². The van der Waals surface area contributed by atoms with Crippen molar-refractivity contribution in [1.29, 1.82) is 0 Å². The first-order valence-corrected chi connectivity index (χ1v) is 9.14. The first kappa shape index (κ1) is 17.9. The smallest absolute Gasteiger partial charge is 0.414 e. The summed E-state index contributed by atoms with van der Waals surface area (Å²) in [6, 6.07) is 8.76. The fourth-order valence-electron chi connectivity index (χ4n) is 3.34. The lowest BCUT2D eigenvalue weighted by molar-refractivity contribution is -0.389. The van der Waals surface area contributed by atoms with Crippen molar-refractivity contribution in [2.45, 2.75) is 25.8 Å². The summed E-state index contributed by atoms with van der Waals surface area (Å²) < 4.78 is 13.0. The van der Waals surface area contributed by atoms with Crippen LogP contribution in [0, 0.1) is 10.1 Å². The molecule has 27 heavy (non-hydrogen) atoms. The highest BCUT2D eigenvalue weighted by atomic mass is 16.6. The number of benzene rings is 1. The third kappa shape index (κ3) is 4.44. The lowest BCUT2D eigenvalue weighted by Crippen LogP contribution is -2.42. The molecule has 2 aliphatic heterocycles. The number of hydrogen-bond donors (Lipinski definition) is 1. The van der Waals surface area contributed by atoms with Crippen LogP contribution in [-0.2, 0) is 24.4 Å². The van der Waals surface area contributed by atoms with Crippen LogP contribution in [0.25, 0.3) is 0 Å². The summed E-state index contributed by atoms with van der Waals surface area (Å²) in [5.74, 6) is -0.203. The third-order valence-corrected chi connectivity index (χ3v) is 4.84. The van der Waals surface area contributed by atoms with Gasteiger partial charge in [0.2, 0.25) is 0 Å². The molecule has 0 radical (unpaired) electrons. The van der Waals surface area contributed by atoms with E-state index in [-0.39, 0.29) is 17.9 Å². The number of hydrogen-bond acceptors (Lipinski definition) is 7. The standard InChI is InChI=1S/C18H23N5O4/c24-23(25)17-11-22-10-16(13-27-18(22)20-17)26-12-15-3-1-14(2-4-15)9-21-7-5-19-6-8-21/h1-4,11,16,19H,5-10,12-13H2. The number of rotatable bonds is 6. The largest absolute Gasteiger partial charge is 0.443 e. The van der Waals surface area contributed by atoms with E-state index in [4.69, 9.17) is 9.47 Å². The summed E-state index contributed by atoms with van der Waals surface area (Å²) >= 11 is 0. The van der Waals surface area contributed by atoms with Crippen molar-refractivity contribution in [2.24, 2.45) is 0 Å². The second-order valence-corrected chi connectivity index (χ2v) is 6.88. The van der Waals surface area contributed by atoms with Gasteiger partial charge in [0.25, 0.3) is 0 Å². The lowest BCUT2D eigenvalue weighted by Gasteiger charge is -2.27. The van der Waals surface area contributed by atoms with Crippen LogP contribution < -0.4 is 10.1 Å². The Morgan fingerprint density at radius 3 is 2.74 bits per heavy atom. The Balaban J connectivity index is 1.28. The van der Waals surface area contributed by atoms with Crippen LogP contribution in [0.3, 0.4) is 0 Å².